The van der Waals surface area contributed by atoms with Gasteiger partial charge in [0.05, 0.1) is 6.10 Å². The van der Waals surface area contributed by atoms with Gasteiger partial charge in [-0.25, -0.2) is 5.10 Å². The van der Waals surface area contributed by atoms with Crippen LogP contribution in [0.1, 0.15) is 32.1 Å². The maximum absolute atomic E-state index is 9.90. The number of thioether (sulfide) groups is 1. The number of nitrogens with two attached hydrogens (primary N) is 1. The lowest BCUT2D eigenvalue weighted by Gasteiger charge is -2.17. The van der Waals surface area contributed by atoms with E-state index >= 15 is 0 Å². The molecule has 2 unspecified atom stereocenters. The van der Waals surface area contributed by atoms with Crippen LogP contribution in [0, 0.1) is 0 Å². The lowest BCUT2D eigenvalue weighted by molar-refractivity contribution is 0.163. The van der Waals surface area contributed by atoms with Crippen LogP contribution in [0.4, 0.5) is 5.95 Å². The Morgan fingerprint density at radius 2 is 2.13 bits per heavy atom. The van der Waals surface area contributed by atoms with E-state index in [1.165, 1.54) is 24.6 Å². The number of aromatic nitrogens is 3. The molecule has 1 heterocycles. The zero-order valence-corrected chi connectivity index (χ0v) is 9.33. The normalized spacial score (nSPS) is 27.5. The van der Waals surface area contributed by atoms with Crippen LogP contribution in [0.25, 0.3) is 0 Å². The minimum Gasteiger partial charge on any atom is -0.392 e. The number of nitrogens with one attached hydrogen (secondary N) is 1. The number of nitrogens with zero attached hydrogens (tertiary/aromatic N) is 2. The topological polar surface area (TPSA) is 87.8 Å². The van der Waals surface area contributed by atoms with Gasteiger partial charge in [-0.05, 0) is 12.8 Å². The first kappa shape index (κ1) is 10.8. The van der Waals surface area contributed by atoms with Gasteiger partial charge in [0.2, 0.25) is 11.1 Å². The molecule has 1 aromatic rings. The molecule has 1 aliphatic rings. The fraction of sp³-hybridized carbons (Fsp3) is 0.778. The van der Waals surface area contributed by atoms with Crippen molar-refractivity contribution in [3.63, 3.8) is 0 Å². The summed E-state index contributed by atoms with van der Waals surface area (Å²) in [6.45, 7) is 0. The van der Waals surface area contributed by atoms with Crippen LogP contribution in [0.3, 0.4) is 0 Å². The Labute approximate surface area is 92.9 Å². The van der Waals surface area contributed by atoms with Crippen LogP contribution >= 0.6 is 11.8 Å². The SMILES string of the molecule is Nc1nc(SC2CCCCCC2O)n[nH]1. The predicted octanol–water partition coefficient (Wildman–Crippen LogP) is 1.17. The van der Waals surface area contributed by atoms with E-state index in [1.54, 1.807) is 0 Å². The average molecular weight is 228 g/mol. The molecule has 1 aromatic heterocycles. The Hall–Kier alpha value is -0.750. The van der Waals surface area contributed by atoms with Gasteiger partial charge < -0.3 is 10.8 Å². The summed E-state index contributed by atoms with van der Waals surface area (Å²) in [7, 11) is 0. The summed E-state index contributed by atoms with van der Waals surface area (Å²) in [5.41, 5.74) is 5.44. The largest absolute Gasteiger partial charge is 0.392 e. The fourth-order valence-corrected chi connectivity index (χ4v) is 2.94. The van der Waals surface area contributed by atoms with Gasteiger partial charge in [-0.1, -0.05) is 31.0 Å². The Morgan fingerprint density at radius 1 is 1.33 bits per heavy atom. The molecule has 6 heteroatoms. The van der Waals surface area contributed by atoms with Crippen LogP contribution in [-0.2, 0) is 0 Å². The van der Waals surface area contributed by atoms with Crippen LogP contribution in [0.2, 0.25) is 0 Å². The molecule has 0 aliphatic heterocycles. The van der Waals surface area contributed by atoms with Crippen molar-refractivity contribution in [3.8, 4) is 0 Å². The molecule has 84 valence electrons. The van der Waals surface area contributed by atoms with Crippen LogP contribution in [-0.4, -0.2) is 31.6 Å². The molecule has 0 spiro atoms. The number of aliphatic hydroxyl groups excluding tert-OH is 1. The predicted molar refractivity (Wildman–Crippen MR) is 59.5 cm³/mol. The number of hydrogen-bond acceptors (Lipinski definition) is 5. The molecule has 1 saturated carbocycles. The third-order valence-corrected chi connectivity index (χ3v) is 3.90. The number of hydrogen-bond donors (Lipinski definition) is 3. The van der Waals surface area contributed by atoms with E-state index in [0.717, 1.165) is 19.3 Å². The molecule has 0 amide bonds. The van der Waals surface area contributed by atoms with E-state index < -0.39 is 0 Å². The molecule has 0 aromatic carbocycles. The molecule has 5 nitrogen and oxygen atoms in total. The van der Waals surface area contributed by atoms with Crippen molar-refractivity contribution >= 4 is 17.7 Å². The Balaban J connectivity index is 1.97. The first-order chi connectivity index (χ1) is 7.25. The van der Waals surface area contributed by atoms with Gasteiger partial charge in [-0.15, -0.1) is 5.10 Å². The highest BCUT2D eigenvalue weighted by Crippen LogP contribution is 2.31. The second kappa shape index (κ2) is 4.85. The quantitative estimate of drug-likeness (QED) is 0.661. The lowest BCUT2D eigenvalue weighted by Crippen LogP contribution is -2.21. The van der Waals surface area contributed by atoms with E-state index in [0.29, 0.717) is 11.1 Å². The summed E-state index contributed by atoms with van der Waals surface area (Å²) in [6.07, 6.45) is 5.18. The van der Waals surface area contributed by atoms with Crippen molar-refractivity contribution < 1.29 is 5.11 Å². The van der Waals surface area contributed by atoms with Gasteiger partial charge >= 0.3 is 0 Å². The summed E-state index contributed by atoms with van der Waals surface area (Å²) in [5.74, 6) is 0.334. The highest BCUT2D eigenvalue weighted by Gasteiger charge is 2.23. The summed E-state index contributed by atoms with van der Waals surface area (Å²) in [5, 5.41) is 17.3. The van der Waals surface area contributed by atoms with E-state index in [4.69, 9.17) is 5.73 Å². The van der Waals surface area contributed by atoms with Crippen molar-refractivity contribution in [2.75, 3.05) is 5.73 Å². The van der Waals surface area contributed by atoms with Gasteiger partial charge in [0.25, 0.3) is 0 Å². The van der Waals surface area contributed by atoms with Crippen LogP contribution in [0.5, 0.6) is 0 Å². The summed E-state index contributed by atoms with van der Waals surface area (Å²) in [4.78, 5) is 4.03. The first-order valence-corrected chi connectivity index (χ1v) is 6.16. The van der Waals surface area contributed by atoms with Gasteiger partial charge in [0, 0.05) is 5.25 Å². The molecule has 2 atom stereocenters. The molecule has 1 fully saturated rings. The third-order valence-electron chi connectivity index (χ3n) is 2.66. The first-order valence-electron chi connectivity index (χ1n) is 5.28. The highest BCUT2D eigenvalue weighted by atomic mass is 32.2. The molecule has 4 N–H and O–H groups in total. The maximum Gasteiger partial charge on any atom is 0.216 e. The highest BCUT2D eigenvalue weighted by molar-refractivity contribution is 7.99. The van der Waals surface area contributed by atoms with Crippen molar-refractivity contribution in [3.05, 3.63) is 0 Å². The average Bonchev–Trinajstić information content (AvgIpc) is 2.50. The zero-order chi connectivity index (χ0) is 10.7. The Morgan fingerprint density at radius 3 is 2.87 bits per heavy atom. The maximum atomic E-state index is 9.90. The number of H-pyrrole nitrogens is 1. The smallest absolute Gasteiger partial charge is 0.216 e. The molecule has 0 radical (unpaired) electrons. The van der Waals surface area contributed by atoms with Crippen molar-refractivity contribution in [2.24, 2.45) is 0 Å². The lowest BCUT2D eigenvalue weighted by atomic mass is 10.1. The minimum atomic E-state index is -0.239. The Bertz CT molecular complexity index is 317. The zero-order valence-electron chi connectivity index (χ0n) is 8.52. The van der Waals surface area contributed by atoms with Gasteiger partial charge in [0.15, 0.2) is 0 Å². The van der Waals surface area contributed by atoms with Gasteiger partial charge in [0.1, 0.15) is 0 Å². The van der Waals surface area contributed by atoms with Gasteiger partial charge in [-0.2, -0.15) is 4.98 Å². The number of nitrogen functional groups attached to an aromatic ring is 1. The monoisotopic (exact) mass is 228 g/mol. The van der Waals surface area contributed by atoms with E-state index in [2.05, 4.69) is 15.2 Å². The second-order valence-corrected chi connectivity index (χ2v) is 5.07. The van der Waals surface area contributed by atoms with Crippen molar-refractivity contribution in [1.29, 1.82) is 0 Å². The van der Waals surface area contributed by atoms with Crippen LogP contribution in [0.15, 0.2) is 5.16 Å². The van der Waals surface area contributed by atoms with Crippen LogP contribution < -0.4 is 5.73 Å². The fourth-order valence-electron chi connectivity index (χ4n) is 1.84. The van der Waals surface area contributed by atoms with Gasteiger partial charge in [-0.3, -0.25) is 0 Å². The third kappa shape index (κ3) is 2.85. The number of aliphatic hydroxyl groups is 1. The Kier molecular flexibility index (Phi) is 3.48. The second-order valence-electron chi connectivity index (χ2n) is 3.86. The minimum absolute atomic E-state index is 0.211. The number of anilines is 1. The van der Waals surface area contributed by atoms with Crippen molar-refractivity contribution in [1.82, 2.24) is 15.2 Å². The summed E-state index contributed by atoms with van der Waals surface area (Å²) >= 11 is 1.52. The molecule has 2 rings (SSSR count). The molecule has 15 heavy (non-hydrogen) atoms. The van der Waals surface area contributed by atoms with E-state index in [9.17, 15) is 5.11 Å². The molecule has 0 saturated heterocycles. The molecule has 0 bridgehead atoms. The number of rotatable bonds is 2. The van der Waals surface area contributed by atoms with E-state index in [1.807, 2.05) is 0 Å². The number of aromatic amines is 1. The summed E-state index contributed by atoms with van der Waals surface area (Å²) < 4.78 is 0. The standard InChI is InChI=1S/C9H16N4OS/c10-8-11-9(13-12-8)15-7-5-3-1-2-4-6(7)14/h6-7,14H,1-5H2,(H3,10,11,12,13). The molecular formula is C9H16N4OS. The van der Waals surface area contributed by atoms with Crippen molar-refractivity contribution in [2.45, 2.75) is 48.6 Å². The summed E-state index contributed by atoms with van der Waals surface area (Å²) in [6, 6.07) is 0. The molecule has 1 aliphatic carbocycles. The molecular weight excluding hydrogens is 212 g/mol. The van der Waals surface area contributed by atoms with E-state index in [-0.39, 0.29) is 11.4 Å².